The number of allylic oxidation sites excluding steroid dienone is 5. The third kappa shape index (κ3) is 8.80. The van der Waals surface area contributed by atoms with Gasteiger partial charge in [-0.15, -0.1) is 0 Å². The molecule has 0 bridgehead atoms. The van der Waals surface area contributed by atoms with Crippen LogP contribution in [0.3, 0.4) is 0 Å². The molecule has 7 nitrogen and oxygen atoms in total. The molecule has 4 aliphatic rings. The predicted molar refractivity (Wildman–Crippen MR) is 293 cm³/mol. The lowest BCUT2D eigenvalue weighted by Crippen LogP contribution is -2.44. The van der Waals surface area contributed by atoms with Crippen molar-refractivity contribution in [2.75, 3.05) is 6.54 Å². The zero-order valence-electron chi connectivity index (χ0n) is 36.8. The molecule has 0 unspecified atom stereocenters. The highest BCUT2D eigenvalue weighted by Crippen LogP contribution is 2.70. The first-order chi connectivity index (χ1) is 34.1. The van der Waals surface area contributed by atoms with Crippen LogP contribution < -0.4 is 0 Å². The Labute approximate surface area is 434 Å². The maximum atomic E-state index is 15.8. The molecule has 70 heavy (non-hydrogen) atoms. The molecular weight excluding hydrogens is 1010 g/mol. The van der Waals surface area contributed by atoms with E-state index in [0.717, 1.165) is 35.3 Å². The van der Waals surface area contributed by atoms with Gasteiger partial charge in [-0.05, 0) is 6.92 Å². The topological polar surface area (TPSA) is 106 Å². The first-order valence-corrected chi connectivity index (χ1v) is 27.1. The first kappa shape index (κ1) is 47.7. The summed E-state index contributed by atoms with van der Waals surface area (Å²) in [4.78, 5) is 93.1. The Morgan fingerprint density at radius 2 is 0.700 bits per heavy atom. The molecule has 4 aliphatic heterocycles. The lowest BCUT2D eigenvalue weighted by atomic mass is 9.94. The van der Waals surface area contributed by atoms with Gasteiger partial charge in [-0.2, -0.15) is 0 Å². The molecule has 6 aromatic carbocycles. The number of hydrogen-bond donors (Lipinski definition) is 0. The molecule has 0 saturated heterocycles. The summed E-state index contributed by atoms with van der Waals surface area (Å²) in [5.41, 5.74) is 3.32. The third-order valence-electron chi connectivity index (χ3n) is 11.5. The minimum Gasteiger partial charge on any atom is -0.339 e. The second-order valence-electron chi connectivity index (χ2n) is 15.7. The lowest BCUT2D eigenvalue weighted by Gasteiger charge is -2.46. The van der Waals surface area contributed by atoms with Crippen molar-refractivity contribution in [3.63, 3.8) is 0 Å². The number of benzene rings is 6. The van der Waals surface area contributed by atoms with Crippen molar-refractivity contribution < 1.29 is 28.8 Å². The third-order valence-corrected chi connectivity index (χ3v) is 19.9. The quantitative estimate of drug-likeness (QED) is 0.0622. The zero-order valence-corrected chi connectivity index (χ0v) is 42.5. The summed E-state index contributed by atoms with van der Waals surface area (Å²) >= 11 is 13.3. The molecular formula is C56H35NO6S7. The highest BCUT2D eigenvalue weighted by molar-refractivity contribution is 8.36. The Kier molecular flexibility index (Phi) is 13.9. The maximum Gasteiger partial charge on any atom is 0.201 e. The summed E-state index contributed by atoms with van der Waals surface area (Å²) in [7, 11) is 0. The Balaban J connectivity index is 1.21. The smallest absolute Gasteiger partial charge is 0.201 e. The van der Waals surface area contributed by atoms with Crippen molar-refractivity contribution in [1.29, 1.82) is 0 Å². The van der Waals surface area contributed by atoms with Gasteiger partial charge in [0.2, 0.25) is 23.1 Å². The van der Waals surface area contributed by atoms with Crippen LogP contribution >= 0.6 is 82.8 Å². The fraction of sp³-hybridized carbons (Fsp3) is 0.0536. The van der Waals surface area contributed by atoms with Crippen LogP contribution in [-0.4, -0.2) is 54.4 Å². The summed E-state index contributed by atoms with van der Waals surface area (Å²) in [6.45, 7) is 2.19. The second-order valence-corrected chi connectivity index (χ2v) is 23.7. The van der Waals surface area contributed by atoms with E-state index >= 15 is 19.2 Å². The molecule has 0 fully saturated rings. The average Bonchev–Trinajstić information content (AvgIpc) is 4.04. The number of thiocarbonyl (C=S) groups is 1. The van der Waals surface area contributed by atoms with E-state index < -0.39 is 27.2 Å². The van der Waals surface area contributed by atoms with E-state index in [0.29, 0.717) is 57.4 Å². The molecule has 6 aromatic rings. The van der Waals surface area contributed by atoms with Crippen molar-refractivity contribution in [2.24, 2.45) is 0 Å². The predicted octanol–water partition coefficient (Wildman–Crippen LogP) is 14.1. The maximum absolute atomic E-state index is 15.8. The molecule has 0 atom stereocenters. The minimum absolute atomic E-state index is 0.0986. The number of nitrogens with zero attached hydrogens (tertiary/aromatic N) is 1. The van der Waals surface area contributed by atoms with Crippen LogP contribution in [-0.2, 0) is 0 Å². The summed E-state index contributed by atoms with van der Waals surface area (Å²) < 4.78 is -0.102. The molecule has 0 radical (unpaired) electrons. The monoisotopic (exact) mass is 1040 g/mol. The van der Waals surface area contributed by atoms with Gasteiger partial charge in [0.25, 0.3) is 0 Å². The number of Topliss-reactive ketones (excluding diaryl/α,β-unsaturated/α-hetero) is 6. The molecule has 14 heteroatoms. The normalized spacial score (nSPS) is 16.5. The number of carbonyl (C=O) groups excluding carboxylic acids is 6. The summed E-state index contributed by atoms with van der Waals surface area (Å²) in [5.74, 6) is -2.35. The van der Waals surface area contributed by atoms with Gasteiger partial charge >= 0.3 is 0 Å². The van der Waals surface area contributed by atoms with Gasteiger partial charge in [-0.3, -0.25) is 28.8 Å². The van der Waals surface area contributed by atoms with Crippen LogP contribution in [0.2, 0.25) is 0 Å². The molecule has 10 rings (SSSR count). The van der Waals surface area contributed by atoms with Gasteiger partial charge in [0.15, 0.2) is 11.6 Å². The molecule has 342 valence electrons. The van der Waals surface area contributed by atoms with Crippen LogP contribution in [0.25, 0.3) is 0 Å². The van der Waals surface area contributed by atoms with Gasteiger partial charge in [-0.1, -0.05) is 265 Å². The van der Waals surface area contributed by atoms with E-state index in [-0.39, 0.29) is 48.2 Å². The molecule has 0 amide bonds. The number of rotatable bonds is 13. The van der Waals surface area contributed by atoms with Crippen molar-refractivity contribution in [1.82, 2.24) is 4.90 Å². The van der Waals surface area contributed by atoms with E-state index in [2.05, 4.69) is 0 Å². The molecule has 0 aliphatic carbocycles. The van der Waals surface area contributed by atoms with Gasteiger partial charge in [-0.25, -0.2) is 0 Å². The minimum atomic E-state index is -1.66. The Morgan fingerprint density at radius 1 is 0.400 bits per heavy atom. The molecule has 4 heterocycles. The zero-order chi connectivity index (χ0) is 48.5. The number of thioether (sulfide) groups is 6. The van der Waals surface area contributed by atoms with Crippen LogP contribution in [0.15, 0.2) is 232 Å². The summed E-state index contributed by atoms with van der Waals surface area (Å²) in [6.07, 6.45) is 0. The molecule has 0 saturated carbocycles. The standard InChI is InChI=1S/C56H35NO6S7/c1-2-57-40(54-66-48(43(60)35-25-13-5-14-26-35)49(67-54)44(61)36-27-15-6-16-28-36)53(64)68-55-52(57)56(39(41(58)33-21-9-3-10-22-33)47(65-55)42(59)34-23-11-4-12-24-34)69-50(45(62)37-29-17-7-18-30-37)51(70-56)46(63)38-31-19-8-20-32-38/h3-32H,2H2,1H3. The van der Waals surface area contributed by atoms with Gasteiger partial charge < -0.3 is 4.90 Å². The van der Waals surface area contributed by atoms with Crippen LogP contribution in [0, 0.1) is 0 Å². The largest absolute Gasteiger partial charge is 0.339 e. The van der Waals surface area contributed by atoms with Gasteiger partial charge in [0.05, 0.1) is 50.0 Å². The average molecular weight is 1040 g/mol. The highest BCUT2D eigenvalue weighted by atomic mass is 32.2. The number of hydrogen-bond acceptors (Lipinski definition) is 14. The van der Waals surface area contributed by atoms with Crippen molar-refractivity contribution in [2.45, 2.75) is 11.0 Å². The number of fused-ring (bicyclic) bond motifs is 1. The van der Waals surface area contributed by atoms with E-state index in [9.17, 15) is 9.59 Å². The van der Waals surface area contributed by atoms with Crippen molar-refractivity contribution in [3.8, 4) is 0 Å². The fourth-order valence-corrected chi connectivity index (χ4v) is 18.2. The lowest BCUT2D eigenvalue weighted by molar-refractivity contribution is 0.100. The Bertz CT molecular complexity index is 3220. The van der Waals surface area contributed by atoms with E-state index in [1.54, 1.807) is 164 Å². The molecule has 0 aromatic heterocycles. The first-order valence-electron chi connectivity index (χ1n) is 21.8. The fourth-order valence-electron chi connectivity index (χ4n) is 8.16. The summed E-state index contributed by atoms with van der Waals surface area (Å²) in [6, 6.07) is 52.4. The van der Waals surface area contributed by atoms with E-state index in [4.69, 9.17) is 12.2 Å². The van der Waals surface area contributed by atoms with Crippen LogP contribution in [0.1, 0.15) is 69.1 Å². The number of ketones is 6. The van der Waals surface area contributed by atoms with E-state index in [1.165, 1.54) is 35.3 Å². The van der Waals surface area contributed by atoms with Crippen molar-refractivity contribution in [3.05, 3.63) is 265 Å². The summed E-state index contributed by atoms with van der Waals surface area (Å²) in [5, 5.41) is 0. The molecule has 1 spiro atoms. The van der Waals surface area contributed by atoms with Gasteiger partial charge in [0, 0.05) is 39.9 Å². The Hall–Kier alpha value is -5.97. The Morgan fingerprint density at radius 3 is 1.04 bits per heavy atom. The number of carbonyl (C=O) groups is 6. The SMILES string of the molecule is CCN1C(=C2SC(C(=O)c3ccccc3)=C(C(=O)c3ccccc3)S2)C(=S)SC2=C1C1(SC(C(=O)c3ccccc3)=C(C(=O)c3ccccc3)S1)C(C(=O)c1ccccc1)=C(C(=O)c1ccccc1)S2. The molecule has 0 N–H and O–H groups in total. The van der Waals surface area contributed by atoms with Crippen molar-refractivity contribution >= 4 is 122 Å². The van der Waals surface area contributed by atoms with Crippen LogP contribution in [0.5, 0.6) is 0 Å². The second kappa shape index (κ2) is 20.4. The van der Waals surface area contributed by atoms with Crippen LogP contribution in [0.4, 0.5) is 0 Å². The highest BCUT2D eigenvalue weighted by Gasteiger charge is 2.60. The van der Waals surface area contributed by atoms with Gasteiger partial charge in [0.1, 0.15) is 8.28 Å². The van der Waals surface area contributed by atoms with E-state index in [1.807, 2.05) is 30.0 Å².